The zero-order valence-corrected chi connectivity index (χ0v) is 22.2. The maximum absolute atomic E-state index is 2.39. The Morgan fingerprint density at radius 3 is 0.903 bits per heavy atom. The zero-order valence-electron chi connectivity index (χ0n) is 22.2. The highest BCUT2D eigenvalue weighted by Gasteiger charge is 2.18. The largest absolute Gasteiger partial charge is 0.0776 e. The third-order valence-electron chi connectivity index (χ3n) is 8.79. The summed E-state index contributed by atoms with van der Waals surface area (Å²) in [6.07, 6.45) is 26.6. The van der Waals surface area contributed by atoms with Gasteiger partial charge >= 0.3 is 0 Å². The van der Waals surface area contributed by atoms with Crippen LogP contribution in [0.5, 0.6) is 0 Å². The van der Waals surface area contributed by atoms with Gasteiger partial charge in [-0.15, -0.1) is 0 Å². The van der Waals surface area contributed by atoms with Crippen LogP contribution in [0.4, 0.5) is 0 Å². The van der Waals surface area contributed by atoms with Gasteiger partial charge in [0.25, 0.3) is 0 Å². The van der Waals surface area contributed by atoms with Crippen molar-refractivity contribution in [3.8, 4) is 0 Å². The van der Waals surface area contributed by atoms with Gasteiger partial charge in [0.2, 0.25) is 0 Å². The zero-order chi connectivity index (χ0) is 22.2. The Labute approximate surface area is 200 Å². The summed E-state index contributed by atoms with van der Waals surface area (Å²) in [5, 5.41) is 0. The van der Waals surface area contributed by atoms with E-state index in [4.69, 9.17) is 0 Å². The summed E-state index contributed by atoms with van der Waals surface area (Å²) in [7, 11) is 0. The molecular formula is C31H64. The summed E-state index contributed by atoms with van der Waals surface area (Å²) >= 11 is 0. The van der Waals surface area contributed by atoms with Gasteiger partial charge in [-0.1, -0.05) is 165 Å². The van der Waals surface area contributed by atoms with Crippen molar-refractivity contribution in [2.24, 2.45) is 35.5 Å². The Morgan fingerprint density at radius 1 is 0.419 bits per heavy atom. The predicted molar refractivity (Wildman–Crippen MR) is 145 cm³/mol. The monoisotopic (exact) mass is 437 g/mol. The molecule has 188 valence electrons. The Kier molecular flexibility index (Phi) is 19.5. The van der Waals surface area contributed by atoms with Crippen LogP contribution in [0.2, 0.25) is 0 Å². The van der Waals surface area contributed by atoms with Crippen molar-refractivity contribution in [2.45, 2.75) is 165 Å². The summed E-state index contributed by atoms with van der Waals surface area (Å²) in [6.45, 7) is 14.0. The van der Waals surface area contributed by atoms with E-state index in [2.05, 4.69) is 41.5 Å². The molecule has 0 aromatic carbocycles. The van der Waals surface area contributed by atoms with Crippen molar-refractivity contribution in [3.05, 3.63) is 0 Å². The highest BCUT2D eigenvalue weighted by atomic mass is 14.2. The van der Waals surface area contributed by atoms with Crippen molar-refractivity contribution in [2.75, 3.05) is 0 Å². The maximum Gasteiger partial charge on any atom is -0.0414 e. The van der Waals surface area contributed by atoms with E-state index < -0.39 is 0 Å². The molecule has 0 aromatic rings. The minimum atomic E-state index is 0. The topological polar surface area (TPSA) is 0 Å². The van der Waals surface area contributed by atoms with Crippen molar-refractivity contribution >= 4 is 0 Å². The van der Waals surface area contributed by atoms with Crippen molar-refractivity contribution < 1.29 is 0 Å². The van der Waals surface area contributed by atoms with Gasteiger partial charge in [0.15, 0.2) is 0 Å². The minimum absolute atomic E-state index is 0. The Bertz CT molecular complexity index is 312. The molecule has 0 aliphatic heterocycles. The summed E-state index contributed by atoms with van der Waals surface area (Å²) in [6, 6.07) is 0. The first-order valence-electron chi connectivity index (χ1n) is 14.5. The van der Waals surface area contributed by atoms with Gasteiger partial charge in [-0.2, -0.15) is 0 Å². The molecule has 31 heavy (non-hydrogen) atoms. The second kappa shape index (κ2) is 19.5. The van der Waals surface area contributed by atoms with Gasteiger partial charge in [-0.3, -0.25) is 0 Å². The standard InChI is InChI=1S/3C10H20.CH4/c2*1-3-4-10-7-5-9(2)6-8-10;1-3-9-5-7-10(4-2)8-6-9;/h3*9-10H,3-8H2,1-2H3;1H4. The molecule has 3 rings (SSSR count). The second-order valence-electron chi connectivity index (χ2n) is 11.5. The first-order valence-corrected chi connectivity index (χ1v) is 14.5. The van der Waals surface area contributed by atoms with Gasteiger partial charge in [-0.05, 0) is 35.5 Å². The lowest BCUT2D eigenvalue weighted by Gasteiger charge is -2.26. The molecule has 0 saturated heterocycles. The fourth-order valence-electron chi connectivity index (χ4n) is 6.10. The highest BCUT2D eigenvalue weighted by molar-refractivity contribution is 4.71. The van der Waals surface area contributed by atoms with Crippen molar-refractivity contribution in [1.82, 2.24) is 0 Å². The molecule has 0 bridgehead atoms. The summed E-state index contributed by atoms with van der Waals surface area (Å²) < 4.78 is 0. The lowest BCUT2D eigenvalue weighted by Crippen LogP contribution is -2.12. The Hall–Kier alpha value is 0. The van der Waals surface area contributed by atoms with Gasteiger partial charge in [-0.25, -0.2) is 0 Å². The molecule has 0 heterocycles. The van der Waals surface area contributed by atoms with E-state index in [1.54, 1.807) is 0 Å². The molecule has 0 nitrogen and oxygen atoms in total. The molecule has 0 heteroatoms. The maximum atomic E-state index is 2.39. The minimum Gasteiger partial charge on any atom is -0.0776 e. The third kappa shape index (κ3) is 14.7. The first-order chi connectivity index (χ1) is 14.5. The Balaban J connectivity index is 0.000000429. The van der Waals surface area contributed by atoms with E-state index in [9.17, 15) is 0 Å². The first kappa shape index (κ1) is 31.0. The lowest BCUT2D eigenvalue weighted by molar-refractivity contribution is 0.264. The van der Waals surface area contributed by atoms with Crippen LogP contribution in [-0.4, -0.2) is 0 Å². The molecule has 0 atom stereocenters. The van der Waals surface area contributed by atoms with E-state index in [-0.39, 0.29) is 7.43 Å². The van der Waals surface area contributed by atoms with Crippen LogP contribution in [-0.2, 0) is 0 Å². The molecule has 0 unspecified atom stereocenters. The van der Waals surface area contributed by atoms with Crippen LogP contribution in [0.1, 0.15) is 165 Å². The number of rotatable bonds is 6. The molecule has 0 radical (unpaired) electrons. The number of hydrogen-bond acceptors (Lipinski definition) is 0. The van der Waals surface area contributed by atoms with Crippen LogP contribution >= 0.6 is 0 Å². The van der Waals surface area contributed by atoms with Crippen LogP contribution in [0.25, 0.3) is 0 Å². The van der Waals surface area contributed by atoms with Crippen LogP contribution < -0.4 is 0 Å². The van der Waals surface area contributed by atoms with Crippen molar-refractivity contribution in [3.63, 3.8) is 0 Å². The van der Waals surface area contributed by atoms with E-state index in [0.717, 1.165) is 35.5 Å². The van der Waals surface area contributed by atoms with Gasteiger partial charge in [0.1, 0.15) is 0 Å². The molecule has 0 amide bonds. The molecule has 0 N–H and O–H groups in total. The second-order valence-corrected chi connectivity index (χ2v) is 11.5. The SMILES string of the molecule is C.CCC1CCC(CC)CC1.CCCC1CCC(C)CC1.CCCC1CCC(C)CC1. The molecule has 3 fully saturated rings. The molecule has 3 aliphatic carbocycles. The van der Waals surface area contributed by atoms with Gasteiger partial charge in [0.05, 0.1) is 0 Å². The third-order valence-corrected chi connectivity index (χ3v) is 8.79. The van der Waals surface area contributed by atoms with Crippen molar-refractivity contribution in [1.29, 1.82) is 0 Å². The van der Waals surface area contributed by atoms with Gasteiger partial charge in [0, 0.05) is 0 Å². The van der Waals surface area contributed by atoms with Gasteiger partial charge < -0.3 is 0 Å². The molecule has 3 saturated carbocycles. The van der Waals surface area contributed by atoms with Crippen LogP contribution in [0.15, 0.2) is 0 Å². The lowest BCUT2D eigenvalue weighted by atomic mass is 9.80. The molecule has 3 aliphatic rings. The smallest absolute Gasteiger partial charge is 0.0414 e. The molecule has 0 aromatic heterocycles. The fourth-order valence-corrected chi connectivity index (χ4v) is 6.10. The number of hydrogen-bond donors (Lipinski definition) is 0. The highest BCUT2D eigenvalue weighted by Crippen LogP contribution is 2.32. The normalized spacial score (nSPS) is 33.1. The average molecular weight is 437 g/mol. The van der Waals surface area contributed by atoms with E-state index in [1.807, 2.05) is 0 Å². The predicted octanol–water partition coefficient (Wildman–Crippen LogP) is 11.5. The quantitative estimate of drug-likeness (QED) is 0.388. The van der Waals surface area contributed by atoms with E-state index in [1.165, 1.54) is 116 Å². The average Bonchev–Trinajstić information content (AvgIpc) is 2.78. The van der Waals surface area contributed by atoms with E-state index in [0.29, 0.717) is 0 Å². The van der Waals surface area contributed by atoms with E-state index >= 15 is 0 Å². The summed E-state index contributed by atoms with van der Waals surface area (Å²) in [5.74, 6) is 6.36. The van der Waals surface area contributed by atoms with Crippen LogP contribution in [0, 0.1) is 35.5 Å². The van der Waals surface area contributed by atoms with Crippen LogP contribution in [0.3, 0.4) is 0 Å². The molecule has 0 spiro atoms. The molecular weight excluding hydrogens is 372 g/mol. The Morgan fingerprint density at radius 2 is 0.677 bits per heavy atom. The summed E-state index contributed by atoms with van der Waals surface area (Å²) in [4.78, 5) is 0. The summed E-state index contributed by atoms with van der Waals surface area (Å²) in [5.41, 5.74) is 0. The fraction of sp³-hybridized carbons (Fsp3) is 1.00.